The number of hydrogen-bond acceptors (Lipinski definition) is 12. The number of fused-ring (bicyclic) bond motifs is 1. The molecule has 3 saturated heterocycles. The van der Waals surface area contributed by atoms with Crippen LogP contribution in [0.25, 0.3) is 0 Å². The lowest BCUT2D eigenvalue weighted by Crippen LogP contribution is -2.63. The molecule has 228 valence electrons. The van der Waals surface area contributed by atoms with Gasteiger partial charge in [0.2, 0.25) is 5.91 Å². The van der Waals surface area contributed by atoms with Crippen molar-refractivity contribution in [2.75, 3.05) is 44.3 Å². The Labute approximate surface area is 250 Å². The lowest BCUT2D eigenvalue weighted by Gasteiger charge is -2.46. The number of oxazole rings is 1. The van der Waals surface area contributed by atoms with Crippen LogP contribution in [0.15, 0.2) is 45.5 Å². The number of esters is 1. The fourth-order valence-electron chi connectivity index (χ4n) is 5.88. The van der Waals surface area contributed by atoms with Gasteiger partial charge in [0.15, 0.2) is 5.69 Å². The van der Waals surface area contributed by atoms with Gasteiger partial charge >= 0.3 is 5.97 Å². The molecule has 3 fully saturated rings. The van der Waals surface area contributed by atoms with Gasteiger partial charge in [-0.25, -0.2) is 4.79 Å². The van der Waals surface area contributed by atoms with Crippen LogP contribution in [0.4, 0.5) is 11.7 Å². The van der Waals surface area contributed by atoms with Crippen LogP contribution in [0.3, 0.4) is 0 Å². The number of carbonyl (C=O) groups excluding carboxylic acids is 3. The summed E-state index contributed by atoms with van der Waals surface area (Å²) in [5.41, 5.74) is 0.920. The van der Waals surface area contributed by atoms with E-state index in [1.807, 2.05) is 11.8 Å². The molecule has 0 bridgehead atoms. The van der Waals surface area contributed by atoms with Crippen LogP contribution in [0.2, 0.25) is 0 Å². The Balaban J connectivity index is 1.13. The number of carbonyl (C=O) groups is 3. The third-order valence-electron chi connectivity index (χ3n) is 8.24. The molecule has 43 heavy (non-hydrogen) atoms. The number of aromatic nitrogens is 1. The third kappa shape index (κ3) is 5.36. The van der Waals surface area contributed by atoms with E-state index in [4.69, 9.17) is 13.9 Å². The van der Waals surface area contributed by atoms with Gasteiger partial charge in [-0.3, -0.25) is 19.7 Å². The van der Waals surface area contributed by atoms with Gasteiger partial charge in [-0.15, -0.1) is 11.8 Å². The van der Waals surface area contributed by atoms with Crippen molar-refractivity contribution >= 4 is 41.2 Å². The van der Waals surface area contributed by atoms with Crippen LogP contribution in [-0.4, -0.2) is 99.4 Å². The molecule has 1 aromatic carbocycles. The van der Waals surface area contributed by atoms with Crippen molar-refractivity contribution < 1.29 is 38.3 Å². The molecule has 1 N–H and O–H groups in total. The van der Waals surface area contributed by atoms with E-state index >= 15 is 0 Å². The fraction of sp³-hybridized carbons (Fsp3) is 0.500. The molecular formula is C28H31N5O9S. The summed E-state index contributed by atoms with van der Waals surface area (Å²) in [7, 11) is 0. The van der Waals surface area contributed by atoms with E-state index in [-0.39, 0.29) is 52.7 Å². The van der Waals surface area contributed by atoms with Crippen LogP contribution in [0.1, 0.15) is 29.9 Å². The lowest BCUT2D eigenvalue weighted by molar-refractivity contribution is -0.384. The number of rotatable bonds is 9. The number of benzene rings is 1. The lowest BCUT2D eigenvalue weighted by atomic mass is 9.79. The van der Waals surface area contributed by atoms with Gasteiger partial charge in [-0.1, -0.05) is 6.92 Å². The Kier molecular flexibility index (Phi) is 7.87. The maximum atomic E-state index is 13.4. The number of nitro groups is 1. The second kappa shape index (κ2) is 11.6. The summed E-state index contributed by atoms with van der Waals surface area (Å²) in [6.45, 7) is 6.49. The van der Waals surface area contributed by atoms with E-state index in [0.717, 1.165) is 4.91 Å². The number of hydrogen-bond donors (Lipinski definition) is 1. The second-order valence-corrected chi connectivity index (χ2v) is 12.4. The summed E-state index contributed by atoms with van der Waals surface area (Å²) < 4.78 is 16.5. The highest BCUT2D eigenvalue weighted by molar-refractivity contribution is 8.03. The highest BCUT2D eigenvalue weighted by Gasteiger charge is 2.60. The number of β-lactam (4-membered cyclic amide) rings is 1. The topological polar surface area (TPSA) is 169 Å². The molecule has 2 aromatic rings. The molecule has 5 heterocycles. The Morgan fingerprint density at radius 2 is 1.93 bits per heavy atom. The van der Waals surface area contributed by atoms with Gasteiger partial charge in [0.1, 0.15) is 18.6 Å². The van der Waals surface area contributed by atoms with Crippen LogP contribution >= 0.6 is 11.8 Å². The number of anilines is 1. The molecular weight excluding hydrogens is 582 g/mol. The zero-order valence-electron chi connectivity index (χ0n) is 23.6. The first-order valence-electron chi connectivity index (χ1n) is 14.0. The van der Waals surface area contributed by atoms with Crippen LogP contribution in [-0.2, 0) is 25.7 Å². The van der Waals surface area contributed by atoms with Crippen molar-refractivity contribution in [1.29, 1.82) is 0 Å². The summed E-state index contributed by atoms with van der Waals surface area (Å²) >= 11 is 1.49. The molecule has 2 amide bonds. The van der Waals surface area contributed by atoms with Crippen molar-refractivity contribution in [1.82, 2.24) is 14.8 Å². The number of morpholine rings is 1. The summed E-state index contributed by atoms with van der Waals surface area (Å²) in [6, 6.07) is 5.69. The molecule has 0 spiro atoms. The van der Waals surface area contributed by atoms with E-state index in [2.05, 4.69) is 4.98 Å². The number of non-ortho nitro benzene ring substituents is 1. The average Bonchev–Trinajstić information content (AvgIpc) is 3.55. The molecule has 4 atom stereocenters. The highest BCUT2D eigenvalue weighted by atomic mass is 32.2. The van der Waals surface area contributed by atoms with Crippen molar-refractivity contribution in [3.8, 4) is 0 Å². The van der Waals surface area contributed by atoms with E-state index in [9.17, 15) is 29.6 Å². The van der Waals surface area contributed by atoms with Gasteiger partial charge in [0.25, 0.3) is 17.6 Å². The number of aliphatic hydroxyl groups is 1. The number of ether oxygens (including phenoxy) is 2. The van der Waals surface area contributed by atoms with Crippen LogP contribution in [0.5, 0.6) is 0 Å². The summed E-state index contributed by atoms with van der Waals surface area (Å²) in [6.07, 6.45) is 0.498. The zero-order valence-corrected chi connectivity index (χ0v) is 24.4. The van der Waals surface area contributed by atoms with E-state index < -0.39 is 22.9 Å². The fourth-order valence-corrected chi connectivity index (χ4v) is 7.40. The Bertz CT molecular complexity index is 1460. The predicted octanol–water partition coefficient (Wildman–Crippen LogP) is 1.79. The quantitative estimate of drug-likeness (QED) is 0.189. The smallest absolute Gasteiger partial charge is 0.356 e. The molecule has 0 saturated carbocycles. The summed E-state index contributed by atoms with van der Waals surface area (Å²) in [4.78, 5) is 59.7. The standard InChI is InChI=1S/C28H31N5O9S/c1-15-22-21(16(2)34)26(36)32(22)23(27(37)41-13-17-3-5-18(6-4-17)33(38)39)24(15)43-19-11-31(12-19)28-29-20(14-42-28)25(35)30-7-9-40-10-8-30/h3-6,14-16,19,21-22,34H,7-13H2,1-2H3/t15-,16-,21-,22-/m1/s1. The Morgan fingerprint density at radius 3 is 2.58 bits per heavy atom. The van der Waals surface area contributed by atoms with Gasteiger partial charge in [0.05, 0.1) is 36.2 Å². The van der Waals surface area contributed by atoms with Crippen LogP contribution < -0.4 is 4.90 Å². The minimum absolute atomic E-state index is 0.0546. The van der Waals surface area contributed by atoms with Crippen molar-refractivity contribution in [2.45, 2.75) is 37.9 Å². The molecule has 1 aromatic heterocycles. The van der Waals surface area contributed by atoms with Gasteiger partial charge in [-0.2, -0.15) is 4.98 Å². The van der Waals surface area contributed by atoms with Crippen molar-refractivity contribution in [3.05, 3.63) is 62.5 Å². The number of nitro benzene ring substituents is 1. The minimum Gasteiger partial charge on any atom is -0.456 e. The number of nitrogens with zero attached hydrogens (tertiary/aromatic N) is 5. The van der Waals surface area contributed by atoms with E-state index in [1.165, 1.54) is 47.2 Å². The van der Waals surface area contributed by atoms with E-state index in [1.54, 1.807) is 11.8 Å². The highest BCUT2D eigenvalue weighted by Crippen LogP contribution is 2.52. The van der Waals surface area contributed by atoms with Gasteiger partial charge < -0.3 is 33.7 Å². The molecule has 6 rings (SSSR count). The zero-order chi connectivity index (χ0) is 30.4. The van der Waals surface area contributed by atoms with Crippen LogP contribution in [0, 0.1) is 22.0 Å². The first kappa shape index (κ1) is 29.1. The first-order valence-corrected chi connectivity index (χ1v) is 14.9. The van der Waals surface area contributed by atoms with Gasteiger partial charge in [-0.05, 0) is 24.6 Å². The van der Waals surface area contributed by atoms with Crippen molar-refractivity contribution in [3.63, 3.8) is 0 Å². The number of amides is 2. The molecule has 0 unspecified atom stereocenters. The SMILES string of the molecule is C[C@@H](O)[C@H]1C(=O)N2C(C(=O)OCc3ccc([N+](=O)[O-])cc3)=C(SC3CN(c4nc(C(=O)N5CCOCC5)co4)C3)[C@H](C)[C@H]12. The largest absolute Gasteiger partial charge is 0.456 e. The molecule has 14 nitrogen and oxygen atoms in total. The molecule has 4 aliphatic heterocycles. The van der Waals surface area contributed by atoms with Gasteiger partial charge in [0, 0.05) is 54.4 Å². The average molecular weight is 614 g/mol. The first-order chi connectivity index (χ1) is 20.6. The maximum Gasteiger partial charge on any atom is 0.356 e. The molecule has 0 radical (unpaired) electrons. The summed E-state index contributed by atoms with van der Waals surface area (Å²) in [5.74, 6) is -2.00. The normalized spacial score (nSPS) is 24.4. The minimum atomic E-state index is -0.864. The monoisotopic (exact) mass is 613 g/mol. The number of aliphatic hydroxyl groups excluding tert-OH is 1. The van der Waals surface area contributed by atoms with Crippen molar-refractivity contribution in [2.24, 2.45) is 11.8 Å². The molecule has 15 heteroatoms. The van der Waals surface area contributed by atoms with E-state index in [0.29, 0.717) is 51.0 Å². The number of thioether (sulfide) groups is 1. The Morgan fingerprint density at radius 1 is 1.23 bits per heavy atom. The molecule has 4 aliphatic rings. The maximum absolute atomic E-state index is 13.4. The Hall–Kier alpha value is -3.95. The predicted molar refractivity (Wildman–Crippen MR) is 152 cm³/mol. The summed E-state index contributed by atoms with van der Waals surface area (Å²) in [5, 5.41) is 21.2. The molecule has 0 aliphatic carbocycles. The second-order valence-electron chi connectivity index (χ2n) is 11.0. The third-order valence-corrected chi connectivity index (χ3v) is 9.69.